The van der Waals surface area contributed by atoms with E-state index in [0.29, 0.717) is 24.0 Å². The van der Waals surface area contributed by atoms with Crippen molar-refractivity contribution >= 4 is 11.0 Å². The lowest BCUT2D eigenvalue weighted by Crippen LogP contribution is -2.20. The number of aliphatic hydroxyl groups excluding tert-OH is 1. The predicted octanol–water partition coefficient (Wildman–Crippen LogP) is 3.57. The minimum absolute atomic E-state index is 0.0970. The lowest BCUT2D eigenvalue weighted by Gasteiger charge is -2.18. The Morgan fingerprint density at radius 2 is 1.88 bits per heavy atom. The molecule has 5 nitrogen and oxygen atoms in total. The first kappa shape index (κ1) is 17.0. The second-order valence-electron chi connectivity index (χ2n) is 7.10. The Balaban J connectivity index is 2.33. The van der Waals surface area contributed by atoms with E-state index >= 15 is 0 Å². The van der Waals surface area contributed by atoms with Gasteiger partial charge in [-0.05, 0) is 35.4 Å². The molecule has 0 amide bonds. The number of hydrogen-bond donors (Lipinski definition) is 2. The van der Waals surface area contributed by atoms with Crippen LogP contribution >= 0.6 is 0 Å². The van der Waals surface area contributed by atoms with Crippen LogP contribution in [0.5, 0.6) is 5.75 Å². The normalized spacial score (nSPS) is 21.3. The van der Waals surface area contributed by atoms with Gasteiger partial charge < -0.3 is 19.4 Å². The summed E-state index contributed by atoms with van der Waals surface area (Å²) < 4.78 is 10.7. The maximum atomic E-state index is 12.5. The predicted molar refractivity (Wildman–Crippen MR) is 91.6 cm³/mol. The number of aromatic hydroxyl groups is 1. The zero-order valence-electron chi connectivity index (χ0n) is 14.5. The van der Waals surface area contributed by atoms with Crippen molar-refractivity contribution in [1.82, 2.24) is 0 Å². The highest BCUT2D eigenvalue weighted by molar-refractivity contribution is 5.88. The summed E-state index contributed by atoms with van der Waals surface area (Å²) in [6, 6.07) is 3.91. The summed E-state index contributed by atoms with van der Waals surface area (Å²) in [5, 5.41) is 21.3. The number of benzene rings is 1. The van der Waals surface area contributed by atoms with Crippen LogP contribution < -0.4 is 5.63 Å². The van der Waals surface area contributed by atoms with E-state index in [1.165, 1.54) is 0 Å². The summed E-state index contributed by atoms with van der Waals surface area (Å²) >= 11 is 0. The maximum Gasteiger partial charge on any atom is 0.343 e. The molecule has 1 aliphatic rings. The van der Waals surface area contributed by atoms with Crippen molar-refractivity contribution in [2.75, 3.05) is 6.61 Å². The number of aliphatic hydroxyl groups is 1. The van der Waals surface area contributed by atoms with E-state index in [1.54, 1.807) is 0 Å². The standard InChI is InChI=1S/C19H24O5/c1-9(2)11-7-13(10(3)4)17-14(8-11)16(20)15(19(22)24-17)12-5-6-23-18(12)21/h7-10,12,18,20-21H,5-6H2,1-4H3. The van der Waals surface area contributed by atoms with E-state index in [0.717, 1.165) is 11.1 Å². The van der Waals surface area contributed by atoms with E-state index in [4.69, 9.17) is 9.15 Å². The zero-order chi connectivity index (χ0) is 17.6. The Morgan fingerprint density at radius 3 is 2.42 bits per heavy atom. The fourth-order valence-electron chi connectivity index (χ4n) is 3.30. The van der Waals surface area contributed by atoms with Crippen molar-refractivity contribution in [1.29, 1.82) is 0 Å². The topological polar surface area (TPSA) is 79.9 Å². The molecule has 1 aromatic carbocycles. The molecule has 1 aliphatic heterocycles. The first-order valence-electron chi connectivity index (χ1n) is 8.44. The molecule has 1 saturated heterocycles. The molecule has 0 bridgehead atoms. The zero-order valence-corrected chi connectivity index (χ0v) is 14.5. The van der Waals surface area contributed by atoms with Gasteiger partial charge in [0.1, 0.15) is 11.3 Å². The minimum atomic E-state index is -1.09. The minimum Gasteiger partial charge on any atom is -0.507 e. The monoisotopic (exact) mass is 332 g/mol. The van der Waals surface area contributed by atoms with Gasteiger partial charge in [-0.15, -0.1) is 0 Å². The molecule has 2 N–H and O–H groups in total. The highest BCUT2D eigenvalue weighted by Gasteiger charge is 2.34. The van der Waals surface area contributed by atoms with Gasteiger partial charge in [-0.25, -0.2) is 4.79 Å². The lowest BCUT2D eigenvalue weighted by molar-refractivity contribution is -0.0684. The molecule has 5 heteroatoms. The van der Waals surface area contributed by atoms with Crippen LogP contribution in [0.4, 0.5) is 0 Å². The van der Waals surface area contributed by atoms with Gasteiger partial charge in [-0.2, -0.15) is 0 Å². The largest absolute Gasteiger partial charge is 0.507 e. The van der Waals surface area contributed by atoms with Crippen molar-refractivity contribution in [2.24, 2.45) is 0 Å². The van der Waals surface area contributed by atoms with Crippen molar-refractivity contribution in [3.05, 3.63) is 39.2 Å². The summed E-state index contributed by atoms with van der Waals surface area (Å²) in [5.41, 5.74) is 1.91. The van der Waals surface area contributed by atoms with Crippen LogP contribution in [0, 0.1) is 0 Å². The highest BCUT2D eigenvalue weighted by Crippen LogP contribution is 2.40. The summed E-state index contributed by atoms with van der Waals surface area (Å²) in [6.07, 6.45) is -0.611. The third-order valence-electron chi connectivity index (χ3n) is 4.79. The molecule has 2 unspecified atom stereocenters. The number of ether oxygens (including phenoxy) is 1. The van der Waals surface area contributed by atoms with Gasteiger partial charge in [0.25, 0.3) is 0 Å². The molecular formula is C19H24O5. The van der Waals surface area contributed by atoms with Crippen LogP contribution in [0.2, 0.25) is 0 Å². The van der Waals surface area contributed by atoms with Crippen molar-refractivity contribution in [2.45, 2.75) is 58.2 Å². The molecule has 0 aliphatic carbocycles. The highest BCUT2D eigenvalue weighted by atomic mass is 16.6. The Kier molecular flexibility index (Phi) is 4.40. The number of hydrogen-bond acceptors (Lipinski definition) is 5. The summed E-state index contributed by atoms with van der Waals surface area (Å²) in [4.78, 5) is 12.5. The van der Waals surface area contributed by atoms with E-state index in [-0.39, 0.29) is 23.1 Å². The molecular weight excluding hydrogens is 308 g/mol. The van der Waals surface area contributed by atoms with Gasteiger partial charge in [0, 0.05) is 5.92 Å². The maximum absolute atomic E-state index is 12.5. The molecule has 2 heterocycles. The second kappa shape index (κ2) is 6.22. The second-order valence-corrected chi connectivity index (χ2v) is 7.10. The van der Waals surface area contributed by atoms with Gasteiger partial charge >= 0.3 is 5.63 Å². The van der Waals surface area contributed by atoms with Crippen LogP contribution in [0.1, 0.15) is 68.6 Å². The van der Waals surface area contributed by atoms with Crippen LogP contribution in [-0.2, 0) is 4.74 Å². The molecule has 2 aromatic rings. The molecule has 0 radical (unpaired) electrons. The van der Waals surface area contributed by atoms with E-state index in [2.05, 4.69) is 13.8 Å². The molecule has 0 saturated carbocycles. The van der Waals surface area contributed by atoms with Gasteiger partial charge in [0.05, 0.1) is 17.6 Å². The Hall–Kier alpha value is -1.85. The average Bonchev–Trinajstić information content (AvgIpc) is 2.92. The van der Waals surface area contributed by atoms with Crippen molar-refractivity contribution in [3.8, 4) is 5.75 Å². The Morgan fingerprint density at radius 1 is 1.17 bits per heavy atom. The van der Waals surface area contributed by atoms with Crippen LogP contribution in [0.3, 0.4) is 0 Å². The van der Waals surface area contributed by atoms with Crippen LogP contribution in [0.15, 0.2) is 21.3 Å². The third kappa shape index (κ3) is 2.72. The van der Waals surface area contributed by atoms with E-state index < -0.39 is 17.8 Å². The van der Waals surface area contributed by atoms with Crippen molar-refractivity contribution in [3.63, 3.8) is 0 Å². The van der Waals surface area contributed by atoms with Gasteiger partial charge in [-0.3, -0.25) is 0 Å². The quantitative estimate of drug-likeness (QED) is 0.840. The van der Waals surface area contributed by atoms with Gasteiger partial charge in [0.2, 0.25) is 0 Å². The summed E-state index contributed by atoms with van der Waals surface area (Å²) in [5.74, 6) is -0.224. The number of rotatable bonds is 3. The van der Waals surface area contributed by atoms with Gasteiger partial charge in [0.15, 0.2) is 6.29 Å². The lowest BCUT2D eigenvalue weighted by atomic mass is 9.90. The van der Waals surface area contributed by atoms with Gasteiger partial charge in [-0.1, -0.05) is 33.8 Å². The molecule has 3 rings (SSSR count). The van der Waals surface area contributed by atoms with Crippen LogP contribution in [0.25, 0.3) is 11.0 Å². The molecule has 1 aromatic heterocycles. The SMILES string of the molecule is CC(C)c1cc(C(C)C)c2oc(=O)c(C3CCOC3O)c(O)c2c1. The molecule has 1 fully saturated rings. The Labute approximate surface area is 140 Å². The van der Waals surface area contributed by atoms with Crippen LogP contribution in [-0.4, -0.2) is 23.1 Å². The molecule has 0 spiro atoms. The Bertz CT molecular complexity index is 819. The molecule has 24 heavy (non-hydrogen) atoms. The first-order chi connectivity index (χ1) is 11.3. The van der Waals surface area contributed by atoms with E-state index in [9.17, 15) is 15.0 Å². The number of fused-ring (bicyclic) bond motifs is 1. The summed E-state index contributed by atoms with van der Waals surface area (Å²) in [6.45, 7) is 8.57. The molecule has 2 atom stereocenters. The fourth-order valence-corrected chi connectivity index (χ4v) is 3.30. The smallest absolute Gasteiger partial charge is 0.343 e. The van der Waals surface area contributed by atoms with Crippen molar-refractivity contribution < 1.29 is 19.4 Å². The third-order valence-corrected chi connectivity index (χ3v) is 4.79. The fraction of sp³-hybridized carbons (Fsp3) is 0.526. The van der Waals surface area contributed by atoms with E-state index in [1.807, 2.05) is 26.0 Å². The molecule has 130 valence electrons. The summed E-state index contributed by atoms with van der Waals surface area (Å²) in [7, 11) is 0. The first-order valence-corrected chi connectivity index (χ1v) is 8.44. The average molecular weight is 332 g/mol.